The fourth-order valence-electron chi connectivity index (χ4n) is 2.46. The third-order valence-electron chi connectivity index (χ3n) is 3.62. The molecule has 2 heteroatoms. The molecule has 2 nitrogen and oxygen atoms in total. The van der Waals surface area contributed by atoms with Crippen LogP contribution in [0.5, 0.6) is 5.75 Å². The number of ether oxygens (including phenoxy) is 1. The van der Waals surface area contributed by atoms with Crippen LogP contribution < -0.4 is 4.74 Å². The number of ketones is 1. The predicted octanol–water partition coefficient (Wildman–Crippen LogP) is 2.77. The van der Waals surface area contributed by atoms with Gasteiger partial charge in [-0.2, -0.15) is 0 Å². The van der Waals surface area contributed by atoms with Gasteiger partial charge in [0.2, 0.25) is 0 Å². The van der Waals surface area contributed by atoms with Crippen molar-refractivity contribution in [1.29, 1.82) is 0 Å². The largest absolute Gasteiger partial charge is 0.497 e. The van der Waals surface area contributed by atoms with Crippen LogP contribution in [0.25, 0.3) is 0 Å². The van der Waals surface area contributed by atoms with Crippen LogP contribution in [-0.4, -0.2) is 12.9 Å². The highest BCUT2D eigenvalue weighted by atomic mass is 16.5. The molecule has 91 valence electrons. The highest BCUT2D eigenvalue weighted by Gasteiger charge is 2.46. The molecule has 1 aromatic rings. The van der Waals surface area contributed by atoms with Crippen molar-refractivity contribution in [3.05, 3.63) is 61.4 Å². The van der Waals surface area contributed by atoms with Gasteiger partial charge in [-0.1, -0.05) is 12.1 Å². The number of hydrogen-bond acceptors (Lipinski definition) is 2. The Morgan fingerprint density at radius 2 is 1.83 bits per heavy atom. The average Bonchev–Trinajstić information content (AvgIpc) is 3.03. The Morgan fingerprint density at radius 3 is 2.44 bits per heavy atom. The fourth-order valence-corrected chi connectivity index (χ4v) is 2.46. The minimum atomic E-state index is 0.167. The standard InChI is InChI=1S/C16H15O2/c1-18-13-8-6-11(7-9-13)14-10-15(14)16(17)12-4-2-3-5-12/h2-9,14-15H,10H2,1H3. The molecule has 0 heterocycles. The zero-order chi connectivity index (χ0) is 12.5. The van der Waals surface area contributed by atoms with E-state index in [1.165, 1.54) is 5.56 Å². The van der Waals surface area contributed by atoms with E-state index in [0.717, 1.165) is 18.1 Å². The van der Waals surface area contributed by atoms with Gasteiger partial charge in [0.1, 0.15) is 11.5 Å². The molecule has 2 aliphatic carbocycles. The monoisotopic (exact) mass is 239 g/mol. The number of Topliss-reactive ketones (excluding diaryl/α,β-unsaturated/α-hetero) is 1. The summed E-state index contributed by atoms with van der Waals surface area (Å²) in [5.41, 5.74) is 1.24. The zero-order valence-corrected chi connectivity index (χ0v) is 10.3. The summed E-state index contributed by atoms with van der Waals surface area (Å²) < 4.78 is 5.14. The Morgan fingerprint density at radius 1 is 1.17 bits per heavy atom. The van der Waals surface area contributed by atoms with E-state index in [9.17, 15) is 4.79 Å². The quantitative estimate of drug-likeness (QED) is 0.807. The van der Waals surface area contributed by atoms with Crippen LogP contribution in [0.15, 0.2) is 24.3 Å². The second kappa shape index (κ2) is 4.75. The van der Waals surface area contributed by atoms with Crippen molar-refractivity contribution in [2.45, 2.75) is 12.3 Å². The average molecular weight is 239 g/mol. The molecule has 0 saturated heterocycles. The topological polar surface area (TPSA) is 26.3 Å². The van der Waals surface area contributed by atoms with E-state index >= 15 is 0 Å². The summed E-state index contributed by atoms with van der Waals surface area (Å²) in [4.78, 5) is 12.2. The molecule has 0 amide bonds. The summed E-state index contributed by atoms with van der Waals surface area (Å²) in [7, 11) is 1.66. The van der Waals surface area contributed by atoms with Gasteiger partial charge in [-0.25, -0.2) is 0 Å². The van der Waals surface area contributed by atoms with Crippen molar-refractivity contribution in [2.24, 2.45) is 5.92 Å². The third kappa shape index (κ3) is 2.16. The van der Waals surface area contributed by atoms with Crippen LogP contribution >= 0.6 is 0 Å². The van der Waals surface area contributed by atoms with Crippen molar-refractivity contribution >= 4 is 5.78 Å². The van der Waals surface area contributed by atoms with Crippen molar-refractivity contribution < 1.29 is 9.53 Å². The number of rotatable bonds is 4. The summed E-state index contributed by atoms with van der Waals surface area (Å²) in [6.07, 6.45) is 8.59. The van der Waals surface area contributed by atoms with Gasteiger partial charge >= 0.3 is 0 Å². The van der Waals surface area contributed by atoms with Crippen molar-refractivity contribution in [3.8, 4) is 5.75 Å². The first kappa shape index (κ1) is 11.8. The first-order valence-electron chi connectivity index (χ1n) is 6.19. The molecule has 0 aromatic heterocycles. The van der Waals surface area contributed by atoms with E-state index in [-0.39, 0.29) is 11.7 Å². The van der Waals surface area contributed by atoms with Crippen LogP contribution in [-0.2, 0) is 4.79 Å². The van der Waals surface area contributed by atoms with E-state index in [0.29, 0.717) is 5.92 Å². The van der Waals surface area contributed by atoms with Crippen molar-refractivity contribution in [1.82, 2.24) is 0 Å². The number of carbonyl (C=O) groups excluding carboxylic acids is 1. The van der Waals surface area contributed by atoms with Gasteiger partial charge in [-0.15, -0.1) is 0 Å². The Kier molecular flexibility index (Phi) is 3.11. The molecule has 3 rings (SSSR count). The summed E-state index contributed by atoms with van der Waals surface area (Å²) in [5.74, 6) is 2.54. The number of methoxy groups -OCH3 is 1. The van der Waals surface area contributed by atoms with Gasteiger partial charge in [0.15, 0.2) is 0 Å². The fraction of sp³-hybridized carbons (Fsp3) is 0.250. The number of benzene rings is 1. The molecule has 5 radical (unpaired) electrons. The van der Waals surface area contributed by atoms with Gasteiger partial charge in [-0.05, 0) is 55.7 Å². The minimum Gasteiger partial charge on any atom is -0.497 e. The molecule has 0 bridgehead atoms. The second-order valence-electron chi connectivity index (χ2n) is 4.76. The van der Waals surface area contributed by atoms with E-state index in [2.05, 4.69) is 12.1 Å². The Balaban J connectivity index is 1.63. The molecule has 2 aliphatic rings. The Labute approximate surface area is 108 Å². The Bertz CT molecular complexity index is 429. The lowest BCUT2D eigenvalue weighted by atomic mass is 9.96. The first-order valence-corrected chi connectivity index (χ1v) is 6.19. The van der Waals surface area contributed by atoms with E-state index in [4.69, 9.17) is 4.74 Å². The lowest BCUT2D eigenvalue weighted by Gasteiger charge is -2.06. The van der Waals surface area contributed by atoms with Gasteiger partial charge in [0.25, 0.3) is 0 Å². The summed E-state index contributed by atoms with van der Waals surface area (Å²) >= 11 is 0. The van der Waals surface area contributed by atoms with Crippen LogP contribution in [0.3, 0.4) is 0 Å². The highest BCUT2D eigenvalue weighted by molar-refractivity contribution is 6.01. The number of carbonyl (C=O) groups is 1. The molecule has 0 spiro atoms. The van der Waals surface area contributed by atoms with E-state index in [1.54, 1.807) is 7.11 Å². The number of hydrogen-bond donors (Lipinski definition) is 0. The molecule has 2 fully saturated rings. The first-order chi connectivity index (χ1) is 8.79. The highest BCUT2D eigenvalue weighted by Crippen LogP contribution is 2.50. The lowest BCUT2D eigenvalue weighted by molar-refractivity contribution is -0.117. The van der Waals surface area contributed by atoms with Crippen LogP contribution in [0, 0.1) is 37.5 Å². The van der Waals surface area contributed by atoms with E-state index in [1.807, 2.05) is 37.8 Å². The summed E-state index contributed by atoms with van der Waals surface area (Å²) in [5, 5.41) is 0. The lowest BCUT2D eigenvalue weighted by Crippen LogP contribution is -2.12. The van der Waals surface area contributed by atoms with Crippen LogP contribution in [0.4, 0.5) is 0 Å². The van der Waals surface area contributed by atoms with Gasteiger partial charge in [0, 0.05) is 11.8 Å². The molecule has 2 atom stereocenters. The molecule has 2 saturated carbocycles. The van der Waals surface area contributed by atoms with Gasteiger partial charge in [-0.3, -0.25) is 4.79 Å². The molecular formula is C16H15O2. The molecule has 0 aliphatic heterocycles. The predicted molar refractivity (Wildman–Crippen MR) is 69.3 cm³/mol. The molecule has 1 aromatic carbocycles. The Hall–Kier alpha value is -1.31. The second-order valence-corrected chi connectivity index (χ2v) is 4.76. The van der Waals surface area contributed by atoms with E-state index < -0.39 is 0 Å². The van der Waals surface area contributed by atoms with Gasteiger partial charge < -0.3 is 4.74 Å². The minimum absolute atomic E-state index is 0.167. The molecule has 18 heavy (non-hydrogen) atoms. The smallest absolute Gasteiger partial charge is 0.144 e. The third-order valence-corrected chi connectivity index (χ3v) is 3.62. The molecule has 2 unspecified atom stereocenters. The van der Waals surface area contributed by atoms with Crippen molar-refractivity contribution in [2.75, 3.05) is 7.11 Å². The maximum absolute atomic E-state index is 12.2. The van der Waals surface area contributed by atoms with Gasteiger partial charge in [0.05, 0.1) is 7.11 Å². The summed E-state index contributed by atoms with van der Waals surface area (Å²) in [6, 6.07) is 8.03. The molecular weight excluding hydrogens is 224 g/mol. The van der Waals surface area contributed by atoms with Crippen molar-refractivity contribution in [3.63, 3.8) is 0 Å². The summed E-state index contributed by atoms with van der Waals surface area (Å²) in [6.45, 7) is 0. The normalized spacial score (nSPS) is 27.2. The maximum Gasteiger partial charge on any atom is 0.144 e. The van der Waals surface area contributed by atoms with Crippen LogP contribution in [0.2, 0.25) is 0 Å². The SMILES string of the molecule is COc1ccc(C2CC2C(=O)[C]2[CH][CH][CH][CH]2)cc1. The molecule has 0 N–H and O–H groups in total. The maximum atomic E-state index is 12.2. The van der Waals surface area contributed by atoms with Crippen LogP contribution in [0.1, 0.15) is 17.9 Å². The zero-order valence-electron chi connectivity index (χ0n) is 10.3.